The summed E-state index contributed by atoms with van der Waals surface area (Å²) < 4.78 is 5.28. The van der Waals surface area contributed by atoms with E-state index in [1.165, 1.54) is 0 Å². The third kappa shape index (κ3) is 2.55. The molecule has 2 unspecified atom stereocenters. The zero-order valence-electron chi connectivity index (χ0n) is 9.60. The van der Waals surface area contributed by atoms with Crippen LogP contribution in [0.2, 0.25) is 0 Å². The molecule has 1 aromatic rings. The highest BCUT2D eigenvalue weighted by Gasteiger charge is 2.65. The second-order valence-electron chi connectivity index (χ2n) is 4.72. The van der Waals surface area contributed by atoms with Gasteiger partial charge >= 0.3 is 0 Å². The van der Waals surface area contributed by atoms with Gasteiger partial charge in [0, 0.05) is 5.41 Å². The van der Waals surface area contributed by atoms with Crippen LogP contribution in [0.5, 0.6) is 0 Å². The maximum Gasteiger partial charge on any atom is 0.0717 e. The fourth-order valence-corrected chi connectivity index (χ4v) is 2.85. The van der Waals surface area contributed by atoms with Crippen molar-refractivity contribution >= 4 is 15.9 Å². The number of hydrogen-bond donors (Lipinski definition) is 2. The van der Waals surface area contributed by atoms with E-state index in [0.717, 1.165) is 12.0 Å². The third-order valence-corrected chi connectivity index (χ3v) is 4.86. The smallest absolute Gasteiger partial charge is 0.0717 e. The van der Waals surface area contributed by atoms with Gasteiger partial charge in [-0.05, 0) is 12.0 Å². The molecule has 3 nitrogen and oxygen atoms in total. The molecule has 0 bridgehead atoms. The maximum atomic E-state index is 9.40. The SMILES string of the molecule is OCC1(Br)CC1(CO)COCc1ccccc1. The predicted octanol–water partition coefficient (Wildman–Crippen LogP) is 1.71. The van der Waals surface area contributed by atoms with Crippen molar-refractivity contribution in [1.29, 1.82) is 0 Å². The molecule has 4 heteroatoms. The highest BCUT2D eigenvalue weighted by atomic mass is 79.9. The molecule has 1 aliphatic rings. The average Bonchev–Trinajstić information content (AvgIpc) is 2.98. The van der Waals surface area contributed by atoms with Crippen LogP contribution in [0.1, 0.15) is 12.0 Å². The van der Waals surface area contributed by atoms with Gasteiger partial charge in [-0.25, -0.2) is 0 Å². The van der Waals surface area contributed by atoms with Gasteiger partial charge < -0.3 is 14.9 Å². The first-order valence-electron chi connectivity index (χ1n) is 5.68. The molecule has 0 spiro atoms. The van der Waals surface area contributed by atoms with Crippen molar-refractivity contribution in [2.75, 3.05) is 19.8 Å². The lowest BCUT2D eigenvalue weighted by Gasteiger charge is -2.18. The number of alkyl halides is 1. The van der Waals surface area contributed by atoms with E-state index in [0.29, 0.717) is 13.2 Å². The molecule has 2 N–H and O–H groups in total. The third-order valence-electron chi connectivity index (χ3n) is 3.49. The van der Waals surface area contributed by atoms with Gasteiger partial charge in [0.1, 0.15) is 0 Å². The Bertz CT molecular complexity index is 370. The van der Waals surface area contributed by atoms with E-state index in [1.807, 2.05) is 30.3 Å². The molecule has 94 valence electrons. The topological polar surface area (TPSA) is 49.7 Å². The summed E-state index contributed by atoms with van der Waals surface area (Å²) in [6.45, 7) is 1.07. The molecule has 0 amide bonds. The summed E-state index contributed by atoms with van der Waals surface area (Å²) in [4.78, 5) is 0. The van der Waals surface area contributed by atoms with Gasteiger partial charge in [-0.2, -0.15) is 0 Å². The first kappa shape index (κ1) is 13.0. The lowest BCUT2D eigenvalue weighted by molar-refractivity contribution is 0.0432. The van der Waals surface area contributed by atoms with E-state index < -0.39 is 0 Å². The van der Waals surface area contributed by atoms with E-state index in [1.54, 1.807) is 0 Å². The fraction of sp³-hybridized carbons (Fsp3) is 0.538. The van der Waals surface area contributed by atoms with Crippen molar-refractivity contribution in [3.8, 4) is 0 Å². The lowest BCUT2D eigenvalue weighted by Crippen LogP contribution is -2.26. The molecule has 0 heterocycles. The van der Waals surface area contributed by atoms with E-state index in [9.17, 15) is 10.2 Å². The van der Waals surface area contributed by atoms with Crippen LogP contribution < -0.4 is 0 Å². The van der Waals surface area contributed by atoms with Gasteiger partial charge in [0.2, 0.25) is 0 Å². The van der Waals surface area contributed by atoms with E-state index in [2.05, 4.69) is 15.9 Å². The van der Waals surface area contributed by atoms with Crippen molar-refractivity contribution in [2.45, 2.75) is 17.4 Å². The van der Waals surface area contributed by atoms with Gasteiger partial charge in [0.25, 0.3) is 0 Å². The minimum Gasteiger partial charge on any atom is -0.396 e. The zero-order chi connectivity index (χ0) is 12.4. The maximum absolute atomic E-state index is 9.40. The second kappa shape index (κ2) is 5.06. The molecule has 2 rings (SSSR count). The highest BCUT2D eigenvalue weighted by Crippen LogP contribution is 2.61. The minimum atomic E-state index is -0.356. The van der Waals surface area contributed by atoms with Crippen LogP contribution in [0.3, 0.4) is 0 Å². The van der Waals surface area contributed by atoms with Gasteiger partial charge in [-0.15, -0.1) is 0 Å². The number of ether oxygens (including phenoxy) is 1. The number of hydrogen-bond acceptors (Lipinski definition) is 3. The molecule has 17 heavy (non-hydrogen) atoms. The summed E-state index contributed by atoms with van der Waals surface area (Å²) in [7, 11) is 0. The summed E-state index contributed by atoms with van der Waals surface area (Å²) in [5, 5.41) is 18.6. The summed E-state index contributed by atoms with van der Waals surface area (Å²) in [5.74, 6) is 0. The van der Waals surface area contributed by atoms with Crippen LogP contribution in [0.4, 0.5) is 0 Å². The number of aliphatic hydroxyl groups excluding tert-OH is 2. The Morgan fingerprint density at radius 1 is 1.18 bits per heavy atom. The summed E-state index contributed by atoms with van der Waals surface area (Å²) in [5.41, 5.74) is 0.793. The molecular formula is C13H17BrO3. The highest BCUT2D eigenvalue weighted by molar-refractivity contribution is 9.10. The van der Waals surface area contributed by atoms with Gasteiger partial charge in [0.05, 0.1) is 30.8 Å². The number of aliphatic hydroxyl groups is 2. The molecular weight excluding hydrogens is 284 g/mol. The molecule has 1 aliphatic carbocycles. The Labute approximate surface area is 110 Å². The molecule has 1 aromatic carbocycles. The monoisotopic (exact) mass is 300 g/mol. The standard InChI is InChI=1S/C13H17BrO3/c14-13(9-16)7-12(13,8-15)10-17-6-11-4-2-1-3-5-11/h1-5,15-16H,6-10H2. The van der Waals surface area contributed by atoms with Gasteiger partial charge in [-0.3, -0.25) is 0 Å². The van der Waals surface area contributed by atoms with Crippen LogP contribution in [-0.4, -0.2) is 34.4 Å². The van der Waals surface area contributed by atoms with E-state index in [4.69, 9.17) is 4.74 Å². The van der Waals surface area contributed by atoms with Crippen LogP contribution in [0.25, 0.3) is 0 Å². The van der Waals surface area contributed by atoms with Crippen LogP contribution in [0.15, 0.2) is 30.3 Å². The predicted molar refractivity (Wildman–Crippen MR) is 69.0 cm³/mol. The molecule has 0 radical (unpaired) electrons. The largest absolute Gasteiger partial charge is 0.396 e. The fourth-order valence-electron chi connectivity index (χ4n) is 2.08. The quantitative estimate of drug-likeness (QED) is 0.787. The van der Waals surface area contributed by atoms with Crippen molar-refractivity contribution in [2.24, 2.45) is 5.41 Å². The van der Waals surface area contributed by atoms with Gasteiger partial charge in [0.15, 0.2) is 0 Å². The number of benzene rings is 1. The van der Waals surface area contributed by atoms with E-state index >= 15 is 0 Å². The first-order valence-corrected chi connectivity index (χ1v) is 6.47. The van der Waals surface area contributed by atoms with Crippen LogP contribution in [0, 0.1) is 5.41 Å². The molecule has 0 aromatic heterocycles. The Kier molecular flexibility index (Phi) is 3.88. The summed E-state index contributed by atoms with van der Waals surface area (Å²) in [6, 6.07) is 9.92. The van der Waals surface area contributed by atoms with Crippen molar-refractivity contribution in [3.63, 3.8) is 0 Å². The van der Waals surface area contributed by atoms with Gasteiger partial charge in [-0.1, -0.05) is 46.3 Å². The number of rotatable bonds is 6. The molecule has 1 fully saturated rings. The van der Waals surface area contributed by atoms with Crippen molar-refractivity contribution < 1.29 is 14.9 Å². The average molecular weight is 301 g/mol. The second-order valence-corrected chi connectivity index (χ2v) is 6.24. The van der Waals surface area contributed by atoms with E-state index in [-0.39, 0.29) is 23.0 Å². The summed E-state index contributed by atoms with van der Waals surface area (Å²) in [6.07, 6.45) is 0.752. The number of halogens is 1. The van der Waals surface area contributed by atoms with Crippen molar-refractivity contribution in [1.82, 2.24) is 0 Å². The molecule has 1 saturated carbocycles. The molecule has 0 saturated heterocycles. The van der Waals surface area contributed by atoms with Crippen LogP contribution in [-0.2, 0) is 11.3 Å². The summed E-state index contributed by atoms with van der Waals surface area (Å²) >= 11 is 3.47. The normalized spacial score (nSPS) is 31.5. The zero-order valence-corrected chi connectivity index (χ0v) is 11.2. The Hall–Kier alpha value is -0.420. The Balaban J connectivity index is 1.83. The molecule has 2 atom stereocenters. The van der Waals surface area contributed by atoms with Crippen LogP contribution >= 0.6 is 15.9 Å². The lowest BCUT2D eigenvalue weighted by atomic mass is 10.1. The minimum absolute atomic E-state index is 0.0300. The molecule has 0 aliphatic heterocycles. The Morgan fingerprint density at radius 3 is 2.41 bits per heavy atom. The Morgan fingerprint density at radius 2 is 1.88 bits per heavy atom. The van der Waals surface area contributed by atoms with Crippen molar-refractivity contribution in [3.05, 3.63) is 35.9 Å². The first-order chi connectivity index (χ1) is 8.16.